The molecule has 0 spiro atoms. The van der Waals surface area contributed by atoms with Gasteiger partial charge in [0.25, 0.3) is 0 Å². The Kier molecular flexibility index (Phi) is 7.29. The Bertz CT molecular complexity index is 524. The lowest BCUT2D eigenvalue weighted by Gasteiger charge is -2.24. The molecule has 1 rings (SSSR count). The van der Waals surface area contributed by atoms with Crippen LogP contribution in [-0.2, 0) is 21.3 Å². The molecule has 5 nitrogen and oxygen atoms in total. The molecular formula is C14H26N2O3S2. The molecule has 1 aromatic rings. The van der Waals surface area contributed by atoms with Crippen LogP contribution < -0.4 is 10.0 Å². The van der Waals surface area contributed by atoms with Crippen LogP contribution in [0.1, 0.15) is 39.7 Å². The quantitative estimate of drug-likeness (QED) is 0.645. The number of ether oxygens (including phenoxy) is 1. The molecule has 0 bridgehead atoms. The average molecular weight is 335 g/mol. The Morgan fingerprint density at radius 3 is 2.67 bits per heavy atom. The number of sulfonamides is 1. The normalized spacial score (nSPS) is 12.8. The molecule has 7 heteroatoms. The van der Waals surface area contributed by atoms with Crippen molar-refractivity contribution in [3.05, 3.63) is 17.0 Å². The molecular weight excluding hydrogens is 308 g/mol. The predicted octanol–water partition coefficient (Wildman–Crippen LogP) is 2.34. The zero-order valence-corrected chi connectivity index (χ0v) is 14.9. The summed E-state index contributed by atoms with van der Waals surface area (Å²) >= 11 is 1.25. The Balaban J connectivity index is 2.62. The van der Waals surface area contributed by atoms with Crippen LogP contribution in [0, 0.1) is 0 Å². The van der Waals surface area contributed by atoms with Gasteiger partial charge in [0, 0.05) is 19.7 Å². The highest BCUT2D eigenvalue weighted by molar-refractivity contribution is 7.91. The molecule has 0 fully saturated rings. The fourth-order valence-electron chi connectivity index (χ4n) is 1.78. The summed E-state index contributed by atoms with van der Waals surface area (Å²) in [5.74, 6) is 0. The van der Waals surface area contributed by atoms with Crippen molar-refractivity contribution < 1.29 is 13.2 Å². The molecule has 2 N–H and O–H groups in total. The molecule has 0 amide bonds. The first-order chi connectivity index (χ1) is 9.80. The first kappa shape index (κ1) is 18.6. The second-order valence-corrected chi connectivity index (χ2v) is 8.37. The smallest absolute Gasteiger partial charge is 0.250 e. The van der Waals surface area contributed by atoms with Gasteiger partial charge in [-0.05, 0) is 50.7 Å². The van der Waals surface area contributed by atoms with Crippen LogP contribution in [0.5, 0.6) is 0 Å². The van der Waals surface area contributed by atoms with Crippen molar-refractivity contribution in [2.24, 2.45) is 0 Å². The van der Waals surface area contributed by atoms with Gasteiger partial charge in [-0.1, -0.05) is 6.92 Å². The van der Waals surface area contributed by atoms with Crippen molar-refractivity contribution in [1.29, 1.82) is 0 Å². The van der Waals surface area contributed by atoms with Crippen molar-refractivity contribution in [2.75, 3.05) is 19.7 Å². The summed E-state index contributed by atoms with van der Waals surface area (Å²) in [6.07, 6.45) is 1.06. The highest BCUT2D eigenvalue weighted by Gasteiger charge is 2.23. The van der Waals surface area contributed by atoms with E-state index in [2.05, 4.69) is 17.0 Å². The van der Waals surface area contributed by atoms with Gasteiger partial charge in [-0.15, -0.1) is 11.3 Å². The molecule has 0 aliphatic heterocycles. The number of thiophene rings is 1. The largest absolute Gasteiger partial charge is 0.375 e. The Morgan fingerprint density at radius 2 is 2.05 bits per heavy atom. The number of hydrogen-bond acceptors (Lipinski definition) is 5. The van der Waals surface area contributed by atoms with E-state index in [-0.39, 0.29) is 6.54 Å². The second kappa shape index (κ2) is 8.24. The van der Waals surface area contributed by atoms with Crippen LogP contribution in [0.15, 0.2) is 15.7 Å². The Hall–Kier alpha value is -0.470. The van der Waals surface area contributed by atoms with Gasteiger partial charge >= 0.3 is 0 Å². The molecule has 0 aliphatic carbocycles. The first-order valence-electron chi connectivity index (χ1n) is 7.22. The van der Waals surface area contributed by atoms with E-state index in [0.717, 1.165) is 18.5 Å². The Labute approximate surface area is 132 Å². The van der Waals surface area contributed by atoms with Gasteiger partial charge in [0.05, 0.1) is 5.60 Å². The van der Waals surface area contributed by atoms with E-state index >= 15 is 0 Å². The summed E-state index contributed by atoms with van der Waals surface area (Å²) in [7, 11) is -3.46. The van der Waals surface area contributed by atoms with Gasteiger partial charge < -0.3 is 10.1 Å². The third kappa shape index (κ3) is 6.44. The van der Waals surface area contributed by atoms with Crippen LogP contribution in [0.2, 0.25) is 0 Å². The Morgan fingerprint density at radius 1 is 1.33 bits per heavy atom. The van der Waals surface area contributed by atoms with Crippen molar-refractivity contribution in [2.45, 2.75) is 50.5 Å². The van der Waals surface area contributed by atoms with E-state index in [9.17, 15) is 8.42 Å². The lowest BCUT2D eigenvalue weighted by Crippen LogP contribution is -2.40. The van der Waals surface area contributed by atoms with Gasteiger partial charge in [0.15, 0.2) is 0 Å². The molecule has 0 saturated carbocycles. The fourth-order valence-corrected chi connectivity index (χ4v) is 4.23. The van der Waals surface area contributed by atoms with Crippen LogP contribution in [-0.4, -0.2) is 33.7 Å². The molecule has 21 heavy (non-hydrogen) atoms. The molecule has 0 aliphatic rings. The molecule has 0 radical (unpaired) electrons. The summed E-state index contributed by atoms with van der Waals surface area (Å²) in [5, 5.41) is 5.14. The molecule has 122 valence electrons. The lowest BCUT2D eigenvalue weighted by atomic mass is 10.1. The molecule has 0 saturated heterocycles. The number of nitrogens with one attached hydrogen (secondary N) is 2. The summed E-state index contributed by atoms with van der Waals surface area (Å²) in [6, 6.07) is 1.73. The van der Waals surface area contributed by atoms with Gasteiger partial charge in [-0.25, -0.2) is 13.1 Å². The average Bonchev–Trinajstić information content (AvgIpc) is 2.87. The van der Waals surface area contributed by atoms with Crippen molar-refractivity contribution in [3.63, 3.8) is 0 Å². The second-order valence-electron chi connectivity index (χ2n) is 5.47. The third-order valence-electron chi connectivity index (χ3n) is 2.87. The topological polar surface area (TPSA) is 67.4 Å². The monoisotopic (exact) mass is 334 g/mol. The number of rotatable bonds is 10. The zero-order chi connectivity index (χ0) is 15.9. The van der Waals surface area contributed by atoms with Crippen molar-refractivity contribution in [1.82, 2.24) is 10.0 Å². The SMILES string of the molecule is CCCNCc1csc(S(=O)(=O)NCC(C)(C)OCC)c1. The van der Waals surface area contributed by atoms with Crippen LogP contribution in [0.3, 0.4) is 0 Å². The maximum absolute atomic E-state index is 12.2. The molecule has 0 aromatic carbocycles. The minimum absolute atomic E-state index is 0.254. The van der Waals surface area contributed by atoms with Crippen molar-refractivity contribution >= 4 is 21.4 Å². The highest BCUT2D eigenvalue weighted by Crippen LogP contribution is 2.20. The van der Waals surface area contributed by atoms with E-state index in [1.807, 2.05) is 26.2 Å². The van der Waals surface area contributed by atoms with E-state index in [0.29, 0.717) is 17.4 Å². The highest BCUT2D eigenvalue weighted by atomic mass is 32.2. The molecule has 0 atom stereocenters. The molecule has 0 unspecified atom stereocenters. The van der Waals surface area contributed by atoms with Gasteiger partial charge in [0.2, 0.25) is 10.0 Å². The van der Waals surface area contributed by atoms with E-state index in [4.69, 9.17) is 4.74 Å². The predicted molar refractivity (Wildman–Crippen MR) is 87.2 cm³/mol. The van der Waals surface area contributed by atoms with Gasteiger partial charge in [-0.2, -0.15) is 0 Å². The van der Waals surface area contributed by atoms with E-state index in [1.165, 1.54) is 11.3 Å². The van der Waals surface area contributed by atoms with Crippen molar-refractivity contribution in [3.8, 4) is 0 Å². The van der Waals surface area contributed by atoms with E-state index in [1.54, 1.807) is 6.07 Å². The standard InChI is InChI=1S/C14H26N2O3S2/c1-5-7-15-9-12-8-13(20-10-12)21(17,18)16-11-14(3,4)19-6-2/h8,10,15-16H,5-7,9,11H2,1-4H3. The minimum atomic E-state index is -3.46. The van der Waals surface area contributed by atoms with Gasteiger partial charge in [-0.3, -0.25) is 0 Å². The third-order valence-corrected chi connectivity index (χ3v) is 5.76. The van der Waals surface area contributed by atoms with Crippen LogP contribution >= 0.6 is 11.3 Å². The van der Waals surface area contributed by atoms with E-state index < -0.39 is 15.6 Å². The molecule has 1 aromatic heterocycles. The molecule has 1 heterocycles. The van der Waals surface area contributed by atoms with Crippen LogP contribution in [0.4, 0.5) is 0 Å². The first-order valence-corrected chi connectivity index (χ1v) is 9.59. The summed E-state index contributed by atoms with van der Waals surface area (Å²) in [5.41, 5.74) is 0.489. The lowest BCUT2D eigenvalue weighted by molar-refractivity contribution is -0.00514. The maximum Gasteiger partial charge on any atom is 0.250 e. The minimum Gasteiger partial charge on any atom is -0.375 e. The zero-order valence-electron chi connectivity index (χ0n) is 13.2. The summed E-state index contributed by atoms with van der Waals surface area (Å²) in [4.78, 5) is 0. The fraction of sp³-hybridized carbons (Fsp3) is 0.714. The number of hydrogen-bond donors (Lipinski definition) is 2. The summed E-state index contributed by atoms with van der Waals surface area (Å²) < 4.78 is 33.0. The maximum atomic E-state index is 12.2. The van der Waals surface area contributed by atoms with Gasteiger partial charge in [0.1, 0.15) is 4.21 Å². The summed E-state index contributed by atoms with van der Waals surface area (Å²) in [6.45, 7) is 10.2. The van der Waals surface area contributed by atoms with Crippen LogP contribution in [0.25, 0.3) is 0 Å².